The van der Waals surface area contributed by atoms with Crippen LogP contribution in [0.4, 0.5) is 5.69 Å². The molecule has 0 bridgehead atoms. The van der Waals surface area contributed by atoms with Gasteiger partial charge < -0.3 is 5.73 Å². The molecule has 3 rings (SSSR count). The molecule has 2 unspecified atom stereocenters. The molecule has 1 saturated carbocycles. The molecule has 0 amide bonds. The number of halogens is 1. The Bertz CT molecular complexity index is 609. The van der Waals surface area contributed by atoms with E-state index >= 15 is 0 Å². The Kier molecular flexibility index (Phi) is 3.61. The first-order chi connectivity index (χ1) is 9.65. The van der Waals surface area contributed by atoms with Crippen LogP contribution in [0.5, 0.6) is 0 Å². The number of benzene rings is 1. The van der Waals surface area contributed by atoms with Crippen LogP contribution < -0.4 is 5.73 Å². The predicted octanol–water partition coefficient (Wildman–Crippen LogP) is 3.01. The molecule has 1 aromatic carbocycles. The van der Waals surface area contributed by atoms with Crippen molar-refractivity contribution in [2.24, 2.45) is 11.8 Å². The van der Waals surface area contributed by atoms with Crippen LogP contribution in [0.25, 0.3) is 11.4 Å². The number of anilines is 1. The van der Waals surface area contributed by atoms with Gasteiger partial charge in [0.2, 0.25) is 0 Å². The zero-order valence-electron chi connectivity index (χ0n) is 11.5. The molecule has 6 heteroatoms. The van der Waals surface area contributed by atoms with Crippen molar-refractivity contribution >= 4 is 17.3 Å². The molecule has 106 valence electrons. The van der Waals surface area contributed by atoms with Crippen molar-refractivity contribution in [1.29, 1.82) is 0 Å². The van der Waals surface area contributed by atoms with Gasteiger partial charge in [0, 0.05) is 17.8 Å². The molecular weight excluding hydrogens is 274 g/mol. The molecule has 2 atom stereocenters. The Balaban J connectivity index is 1.89. The maximum absolute atomic E-state index is 6.25. The van der Waals surface area contributed by atoms with E-state index < -0.39 is 0 Å². The minimum Gasteiger partial charge on any atom is -0.399 e. The van der Waals surface area contributed by atoms with Crippen LogP contribution in [0.2, 0.25) is 5.02 Å². The van der Waals surface area contributed by atoms with Crippen molar-refractivity contribution in [2.45, 2.75) is 32.7 Å². The highest BCUT2D eigenvalue weighted by Gasteiger charge is 2.25. The van der Waals surface area contributed by atoms with Gasteiger partial charge in [0.05, 0.1) is 5.02 Å². The monoisotopic (exact) mass is 291 g/mol. The molecule has 0 spiro atoms. The number of rotatable bonds is 3. The fourth-order valence-electron chi connectivity index (χ4n) is 2.95. The average Bonchev–Trinajstić information content (AvgIpc) is 3.01. The van der Waals surface area contributed by atoms with E-state index in [1.54, 1.807) is 6.07 Å². The molecule has 1 heterocycles. The Morgan fingerprint density at radius 3 is 2.95 bits per heavy atom. The average molecular weight is 292 g/mol. The third-order valence-electron chi connectivity index (χ3n) is 4.21. The molecule has 2 aromatic rings. The molecule has 0 radical (unpaired) electrons. The van der Waals surface area contributed by atoms with E-state index in [1.807, 2.05) is 16.8 Å². The summed E-state index contributed by atoms with van der Waals surface area (Å²) in [6, 6.07) is 5.42. The van der Waals surface area contributed by atoms with Gasteiger partial charge in [-0.2, -0.15) is 0 Å². The number of aromatic nitrogens is 4. The third-order valence-corrected chi connectivity index (χ3v) is 4.53. The summed E-state index contributed by atoms with van der Waals surface area (Å²) >= 11 is 6.25. The smallest absolute Gasteiger partial charge is 0.183 e. The second-order valence-electron chi connectivity index (χ2n) is 5.59. The van der Waals surface area contributed by atoms with Crippen molar-refractivity contribution in [1.82, 2.24) is 20.2 Å². The van der Waals surface area contributed by atoms with E-state index in [0.29, 0.717) is 22.5 Å². The highest BCUT2D eigenvalue weighted by Crippen LogP contribution is 2.34. The maximum Gasteiger partial charge on any atom is 0.183 e. The minimum absolute atomic E-state index is 0.584. The molecule has 20 heavy (non-hydrogen) atoms. The van der Waals surface area contributed by atoms with Crippen LogP contribution >= 0.6 is 11.6 Å². The fraction of sp³-hybridized carbons (Fsp3) is 0.500. The van der Waals surface area contributed by atoms with Crippen LogP contribution in [-0.4, -0.2) is 20.2 Å². The van der Waals surface area contributed by atoms with Crippen molar-refractivity contribution in [3.63, 3.8) is 0 Å². The molecule has 1 fully saturated rings. The lowest BCUT2D eigenvalue weighted by molar-refractivity contribution is 0.346. The molecule has 0 aliphatic heterocycles. The number of hydrogen-bond donors (Lipinski definition) is 1. The summed E-state index contributed by atoms with van der Waals surface area (Å²) in [5, 5.41) is 12.6. The topological polar surface area (TPSA) is 69.6 Å². The first-order valence-corrected chi connectivity index (χ1v) is 7.34. The predicted molar refractivity (Wildman–Crippen MR) is 79.2 cm³/mol. The summed E-state index contributed by atoms with van der Waals surface area (Å²) in [5.74, 6) is 2.09. The summed E-state index contributed by atoms with van der Waals surface area (Å²) in [5.41, 5.74) is 7.20. The van der Waals surface area contributed by atoms with Gasteiger partial charge >= 0.3 is 0 Å². The molecule has 1 aliphatic carbocycles. The van der Waals surface area contributed by atoms with Gasteiger partial charge in [0.25, 0.3) is 0 Å². The first-order valence-electron chi connectivity index (χ1n) is 6.96. The lowest BCUT2D eigenvalue weighted by Crippen LogP contribution is -2.15. The quantitative estimate of drug-likeness (QED) is 0.883. The highest BCUT2D eigenvalue weighted by atomic mass is 35.5. The van der Waals surface area contributed by atoms with E-state index in [9.17, 15) is 0 Å². The Morgan fingerprint density at radius 1 is 1.40 bits per heavy atom. The number of hydrogen-bond acceptors (Lipinski definition) is 4. The van der Waals surface area contributed by atoms with Gasteiger partial charge in [-0.15, -0.1) is 5.10 Å². The number of nitrogens with zero attached hydrogens (tertiary/aromatic N) is 4. The van der Waals surface area contributed by atoms with Gasteiger partial charge in [-0.3, -0.25) is 0 Å². The second kappa shape index (κ2) is 5.40. The molecule has 2 N–H and O–H groups in total. The second-order valence-corrected chi connectivity index (χ2v) is 6.00. The Morgan fingerprint density at radius 2 is 2.25 bits per heavy atom. The summed E-state index contributed by atoms with van der Waals surface area (Å²) in [6.07, 6.45) is 3.84. The van der Waals surface area contributed by atoms with Gasteiger partial charge in [0.15, 0.2) is 5.82 Å². The van der Waals surface area contributed by atoms with Gasteiger partial charge in [-0.1, -0.05) is 31.4 Å². The SMILES string of the molecule is CC1CCCC1Cn1nnnc1-c1ccc(N)cc1Cl. The van der Waals surface area contributed by atoms with E-state index in [1.165, 1.54) is 19.3 Å². The fourth-order valence-corrected chi connectivity index (χ4v) is 3.22. The zero-order valence-corrected chi connectivity index (χ0v) is 12.2. The Labute approximate surface area is 123 Å². The van der Waals surface area contributed by atoms with Gasteiger partial charge in [-0.05, 0) is 46.9 Å². The van der Waals surface area contributed by atoms with Crippen LogP contribution in [-0.2, 0) is 6.54 Å². The molecule has 0 saturated heterocycles. The van der Waals surface area contributed by atoms with Crippen molar-refractivity contribution in [3.05, 3.63) is 23.2 Å². The maximum atomic E-state index is 6.25. The van der Waals surface area contributed by atoms with Crippen LogP contribution in [0.3, 0.4) is 0 Å². The summed E-state index contributed by atoms with van der Waals surface area (Å²) in [7, 11) is 0. The van der Waals surface area contributed by atoms with Crippen molar-refractivity contribution < 1.29 is 0 Å². The first kappa shape index (κ1) is 13.4. The van der Waals surface area contributed by atoms with E-state index in [-0.39, 0.29) is 0 Å². The van der Waals surface area contributed by atoms with E-state index in [0.717, 1.165) is 18.0 Å². The van der Waals surface area contributed by atoms with Gasteiger partial charge in [-0.25, -0.2) is 4.68 Å². The van der Waals surface area contributed by atoms with Crippen LogP contribution in [0, 0.1) is 11.8 Å². The lowest BCUT2D eigenvalue weighted by atomic mass is 9.98. The molecule has 5 nitrogen and oxygen atoms in total. The normalized spacial score (nSPS) is 22.3. The summed E-state index contributed by atoms with van der Waals surface area (Å²) < 4.78 is 1.86. The van der Waals surface area contributed by atoms with E-state index in [2.05, 4.69) is 22.4 Å². The lowest BCUT2D eigenvalue weighted by Gasteiger charge is -2.15. The summed E-state index contributed by atoms with van der Waals surface area (Å²) in [4.78, 5) is 0. The Hall–Kier alpha value is -1.62. The van der Waals surface area contributed by atoms with Crippen LogP contribution in [0.15, 0.2) is 18.2 Å². The number of tetrazole rings is 1. The number of nitrogens with two attached hydrogens (primary N) is 1. The van der Waals surface area contributed by atoms with Crippen molar-refractivity contribution in [3.8, 4) is 11.4 Å². The minimum atomic E-state index is 0.584. The van der Waals surface area contributed by atoms with Crippen LogP contribution in [0.1, 0.15) is 26.2 Å². The van der Waals surface area contributed by atoms with Crippen molar-refractivity contribution in [2.75, 3.05) is 5.73 Å². The molecule has 1 aliphatic rings. The highest BCUT2D eigenvalue weighted by molar-refractivity contribution is 6.33. The van der Waals surface area contributed by atoms with E-state index in [4.69, 9.17) is 17.3 Å². The van der Waals surface area contributed by atoms with Gasteiger partial charge in [0.1, 0.15) is 0 Å². The third kappa shape index (κ3) is 2.50. The summed E-state index contributed by atoms with van der Waals surface area (Å²) in [6.45, 7) is 3.15. The number of nitrogen functional groups attached to an aromatic ring is 1. The largest absolute Gasteiger partial charge is 0.399 e. The molecule has 1 aromatic heterocycles. The standard InChI is InChI=1S/C14H18ClN5/c1-9-3-2-4-10(9)8-20-14(17-18-19-20)12-6-5-11(16)7-13(12)15/h5-7,9-10H,2-4,8,16H2,1H3. The molecular formula is C14H18ClN5. The zero-order chi connectivity index (χ0) is 14.1.